The van der Waals surface area contributed by atoms with E-state index < -0.39 is 5.60 Å². The molecule has 1 aliphatic heterocycles. The predicted molar refractivity (Wildman–Crippen MR) is 72.8 cm³/mol. The van der Waals surface area contributed by atoms with Crippen LogP contribution in [0.25, 0.3) is 0 Å². The second-order valence-corrected chi connectivity index (χ2v) is 5.81. The number of hydrogen-bond donors (Lipinski definition) is 0. The molecule has 19 heavy (non-hydrogen) atoms. The third-order valence-electron chi connectivity index (χ3n) is 2.68. The van der Waals surface area contributed by atoms with Crippen molar-refractivity contribution in [3.63, 3.8) is 0 Å². The average molecular weight is 280 g/mol. The average Bonchev–Trinajstić information content (AvgIpc) is 2.25. The highest BCUT2D eigenvalue weighted by Crippen LogP contribution is 2.23. The van der Waals surface area contributed by atoms with E-state index in [9.17, 15) is 4.79 Å². The summed E-state index contributed by atoms with van der Waals surface area (Å²) < 4.78 is 5.33. The molecule has 0 saturated carbocycles. The first-order chi connectivity index (χ1) is 8.76. The zero-order valence-electron chi connectivity index (χ0n) is 11.2. The number of hydrogen-bond acceptors (Lipinski definition) is 4. The third kappa shape index (κ3) is 3.38. The van der Waals surface area contributed by atoms with E-state index in [2.05, 4.69) is 9.97 Å². The molecule has 0 N–H and O–H groups in total. The lowest BCUT2D eigenvalue weighted by atomic mass is 10.0. The van der Waals surface area contributed by atoms with Crippen LogP contribution in [0.4, 0.5) is 4.79 Å². The Morgan fingerprint density at radius 2 is 2.11 bits per heavy atom. The topological polar surface area (TPSA) is 55.3 Å². The van der Waals surface area contributed by atoms with E-state index in [1.54, 1.807) is 4.90 Å². The number of carbonyl (C=O) groups is 1. The Bertz CT molecular complexity index is 516. The van der Waals surface area contributed by atoms with E-state index in [4.69, 9.17) is 24.2 Å². The standard InChI is InChI=1S/C12H15BClN3O2/c1-12(2,3)19-11(18)17-5-4-8-7(6-17)9(14)16-10(13)15-8/h4-6H2,1-3H3. The number of amides is 1. The van der Waals surface area contributed by atoms with Crippen LogP contribution in [0.15, 0.2) is 0 Å². The molecule has 0 fully saturated rings. The van der Waals surface area contributed by atoms with Gasteiger partial charge in [0.1, 0.15) is 10.8 Å². The highest BCUT2D eigenvalue weighted by molar-refractivity contribution is 6.33. The molecule has 0 bridgehead atoms. The number of fused-ring (bicyclic) bond motifs is 1. The quantitative estimate of drug-likeness (QED) is 0.529. The summed E-state index contributed by atoms with van der Waals surface area (Å²) in [6.45, 7) is 6.39. The SMILES string of the molecule is [B]c1nc(Cl)c2c(n1)CCN(C(=O)OC(C)(C)C)C2. The maximum atomic E-state index is 12.0. The Hall–Kier alpha value is -1.30. The number of ether oxygens (including phenoxy) is 1. The summed E-state index contributed by atoms with van der Waals surface area (Å²) in [5.41, 5.74) is 1.19. The molecular weight excluding hydrogens is 264 g/mol. The minimum atomic E-state index is -0.515. The lowest BCUT2D eigenvalue weighted by Gasteiger charge is -2.31. The molecule has 0 spiro atoms. The molecule has 2 rings (SSSR count). The number of nitrogens with zero attached hydrogens (tertiary/aromatic N) is 3. The molecule has 0 unspecified atom stereocenters. The smallest absolute Gasteiger partial charge is 0.410 e. The Labute approximate surface area is 118 Å². The van der Waals surface area contributed by atoms with E-state index in [1.807, 2.05) is 20.8 Å². The van der Waals surface area contributed by atoms with Gasteiger partial charge in [0.05, 0.1) is 18.0 Å². The van der Waals surface area contributed by atoms with Crippen molar-refractivity contribution in [1.82, 2.24) is 14.9 Å². The monoisotopic (exact) mass is 279 g/mol. The van der Waals surface area contributed by atoms with Gasteiger partial charge in [-0.1, -0.05) is 11.6 Å². The van der Waals surface area contributed by atoms with Crippen LogP contribution in [0.2, 0.25) is 5.15 Å². The third-order valence-corrected chi connectivity index (χ3v) is 2.99. The van der Waals surface area contributed by atoms with Crippen LogP contribution in [0.3, 0.4) is 0 Å². The molecule has 5 nitrogen and oxygen atoms in total. The van der Waals surface area contributed by atoms with Crippen molar-refractivity contribution >= 4 is 31.3 Å². The Morgan fingerprint density at radius 1 is 1.42 bits per heavy atom. The summed E-state index contributed by atoms with van der Waals surface area (Å²) in [7, 11) is 5.55. The van der Waals surface area contributed by atoms with E-state index in [0.717, 1.165) is 11.3 Å². The lowest BCUT2D eigenvalue weighted by Crippen LogP contribution is -2.41. The van der Waals surface area contributed by atoms with Crippen LogP contribution in [0.5, 0.6) is 0 Å². The largest absolute Gasteiger partial charge is 0.444 e. The molecule has 2 radical (unpaired) electrons. The summed E-state index contributed by atoms with van der Waals surface area (Å²) in [5, 5.41) is 0.302. The van der Waals surface area contributed by atoms with Crippen molar-refractivity contribution in [3.8, 4) is 0 Å². The molecule has 0 aromatic carbocycles. The van der Waals surface area contributed by atoms with Gasteiger partial charge in [0.25, 0.3) is 0 Å². The van der Waals surface area contributed by atoms with E-state index in [1.165, 1.54) is 0 Å². The second-order valence-electron chi connectivity index (χ2n) is 5.45. The molecule has 1 aromatic heterocycles. The second kappa shape index (κ2) is 5.00. The fourth-order valence-electron chi connectivity index (χ4n) is 1.87. The van der Waals surface area contributed by atoms with Crippen molar-refractivity contribution in [2.45, 2.75) is 39.3 Å². The lowest BCUT2D eigenvalue weighted by molar-refractivity contribution is 0.0222. The minimum absolute atomic E-state index is 0.162. The molecule has 1 amide bonds. The maximum absolute atomic E-state index is 12.0. The molecule has 2 heterocycles. The predicted octanol–water partition coefficient (Wildman–Crippen LogP) is 1.22. The molecule has 0 aliphatic carbocycles. The summed E-state index contributed by atoms with van der Waals surface area (Å²) in [6.07, 6.45) is 0.243. The Balaban J connectivity index is 2.16. The first-order valence-electron chi connectivity index (χ1n) is 6.05. The van der Waals surface area contributed by atoms with Crippen LogP contribution in [0.1, 0.15) is 32.0 Å². The van der Waals surface area contributed by atoms with Gasteiger partial charge in [-0.05, 0) is 20.8 Å². The van der Waals surface area contributed by atoms with Gasteiger partial charge in [0.2, 0.25) is 0 Å². The number of halogens is 1. The van der Waals surface area contributed by atoms with Gasteiger partial charge in [-0.25, -0.2) is 14.8 Å². The van der Waals surface area contributed by atoms with Gasteiger partial charge in [0.15, 0.2) is 7.85 Å². The van der Waals surface area contributed by atoms with Gasteiger partial charge < -0.3 is 9.64 Å². The van der Waals surface area contributed by atoms with Crippen LogP contribution in [-0.2, 0) is 17.7 Å². The maximum Gasteiger partial charge on any atom is 0.410 e. The Kier molecular flexibility index (Phi) is 3.72. The van der Waals surface area contributed by atoms with Crippen molar-refractivity contribution in [2.24, 2.45) is 0 Å². The van der Waals surface area contributed by atoms with Crippen LogP contribution in [0, 0.1) is 0 Å². The Morgan fingerprint density at radius 3 is 2.74 bits per heavy atom. The van der Waals surface area contributed by atoms with Gasteiger partial charge >= 0.3 is 6.09 Å². The minimum Gasteiger partial charge on any atom is -0.444 e. The first-order valence-corrected chi connectivity index (χ1v) is 6.43. The van der Waals surface area contributed by atoms with Crippen LogP contribution in [-0.4, -0.2) is 41.0 Å². The first kappa shape index (κ1) is 14.1. The molecule has 100 valence electrons. The molecular formula is C12H15BClN3O2. The zero-order valence-corrected chi connectivity index (χ0v) is 12.0. The van der Waals surface area contributed by atoms with Gasteiger partial charge in [-0.3, -0.25) is 0 Å². The molecule has 1 aromatic rings. The molecule has 7 heteroatoms. The van der Waals surface area contributed by atoms with Crippen molar-refractivity contribution < 1.29 is 9.53 Å². The van der Waals surface area contributed by atoms with Crippen molar-refractivity contribution in [1.29, 1.82) is 0 Å². The van der Waals surface area contributed by atoms with Crippen LogP contribution < -0.4 is 5.72 Å². The van der Waals surface area contributed by atoms with Crippen molar-refractivity contribution in [3.05, 3.63) is 16.4 Å². The molecule has 1 aliphatic rings. The fourth-order valence-corrected chi connectivity index (χ4v) is 2.13. The van der Waals surface area contributed by atoms with E-state index in [0.29, 0.717) is 24.7 Å². The number of carbonyl (C=O) groups excluding carboxylic acids is 1. The molecule has 0 atom stereocenters. The highest BCUT2D eigenvalue weighted by atomic mass is 35.5. The summed E-state index contributed by atoms with van der Waals surface area (Å²) in [6, 6.07) is 0. The molecule has 0 saturated heterocycles. The number of aromatic nitrogens is 2. The zero-order chi connectivity index (χ0) is 14.2. The van der Waals surface area contributed by atoms with Crippen molar-refractivity contribution in [2.75, 3.05) is 6.54 Å². The van der Waals surface area contributed by atoms with Gasteiger partial charge in [-0.15, -0.1) is 0 Å². The normalized spacial score (nSPS) is 15.1. The summed E-state index contributed by atoms with van der Waals surface area (Å²) >= 11 is 6.04. The van der Waals surface area contributed by atoms with E-state index in [-0.39, 0.29) is 11.8 Å². The summed E-state index contributed by atoms with van der Waals surface area (Å²) in [5.74, 6) is 0. The number of rotatable bonds is 0. The highest BCUT2D eigenvalue weighted by Gasteiger charge is 2.27. The van der Waals surface area contributed by atoms with Gasteiger partial charge in [0, 0.05) is 18.5 Å². The fraction of sp³-hybridized carbons (Fsp3) is 0.583. The summed E-state index contributed by atoms with van der Waals surface area (Å²) in [4.78, 5) is 21.6. The van der Waals surface area contributed by atoms with E-state index >= 15 is 0 Å². The van der Waals surface area contributed by atoms with Crippen LogP contribution >= 0.6 is 11.6 Å². The van der Waals surface area contributed by atoms with Gasteiger partial charge in [-0.2, -0.15) is 0 Å².